The first-order valence-electron chi connectivity index (χ1n) is 8.58. The number of piperidine rings is 1. The second-order valence-corrected chi connectivity index (χ2v) is 7.24. The van der Waals surface area contributed by atoms with Gasteiger partial charge >= 0.3 is 6.03 Å². The summed E-state index contributed by atoms with van der Waals surface area (Å²) in [6.45, 7) is 4.17. The molecule has 25 heavy (non-hydrogen) atoms. The third-order valence-corrected chi connectivity index (χ3v) is 5.43. The van der Waals surface area contributed by atoms with Crippen LogP contribution in [0.4, 0.5) is 10.5 Å². The van der Waals surface area contributed by atoms with Gasteiger partial charge in [-0.2, -0.15) is 0 Å². The molecular weight excluding hydrogens is 340 g/mol. The SMILES string of the molecule is CC/C=C(/OCC(N)=O)N1CCC(N2Cc3sccc3NC2=O)CC1. The van der Waals surface area contributed by atoms with Crippen LogP contribution < -0.4 is 11.1 Å². The lowest BCUT2D eigenvalue weighted by Gasteiger charge is -2.41. The molecule has 7 nitrogen and oxygen atoms in total. The summed E-state index contributed by atoms with van der Waals surface area (Å²) in [5, 5.41) is 4.98. The highest BCUT2D eigenvalue weighted by molar-refractivity contribution is 7.10. The standard InChI is InChI=1S/C17H24N4O3S/c1-2-3-16(24-11-15(18)22)20-7-4-12(5-8-20)21-10-14-13(6-9-25-14)19-17(21)23/h3,6,9,12H,2,4-5,7-8,10-11H2,1H3,(H2,18,22)(H,19,23)/b16-3+. The molecule has 1 fully saturated rings. The number of anilines is 1. The number of hydrogen-bond acceptors (Lipinski definition) is 5. The first-order valence-corrected chi connectivity index (χ1v) is 9.46. The van der Waals surface area contributed by atoms with E-state index >= 15 is 0 Å². The van der Waals surface area contributed by atoms with E-state index in [1.54, 1.807) is 11.3 Å². The van der Waals surface area contributed by atoms with Gasteiger partial charge in [0.15, 0.2) is 12.5 Å². The van der Waals surface area contributed by atoms with E-state index < -0.39 is 5.91 Å². The summed E-state index contributed by atoms with van der Waals surface area (Å²) < 4.78 is 5.54. The summed E-state index contributed by atoms with van der Waals surface area (Å²) in [4.78, 5) is 28.6. The predicted octanol–water partition coefficient (Wildman–Crippen LogP) is 2.31. The van der Waals surface area contributed by atoms with E-state index in [0.717, 1.165) is 38.0 Å². The zero-order chi connectivity index (χ0) is 17.8. The van der Waals surface area contributed by atoms with Crippen molar-refractivity contribution in [3.05, 3.63) is 28.3 Å². The number of ether oxygens (including phenoxy) is 1. The molecule has 0 radical (unpaired) electrons. The first-order chi connectivity index (χ1) is 12.1. The maximum absolute atomic E-state index is 12.4. The van der Waals surface area contributed by atoms with Crippen molar-refractivity contribution in [3.63, 3.8) is 0 Å². The third kappa shape index (κ3) is 4.07. The van der Waals surface area contributed by atoms with Gasteiger partial charge in [-0.1, -0.05) is 6.92 Å². The van der Waals surface area contributed by atoms with Crippen molar-refractivity contribution >= 4 is 29.0 Å². The number of fused-ring (bicyclic) bond motifs is 1. The van der Waals surface area contributed by atoms with Crippen molar-refractivity contribution in [2.75, 3.05) is 25.0 Å². The summed E-state index contributed by atoms with van der Waals surface area (Å²) in [6.07, 6.45) is 4.53. The molecule has 0 spiro atoms. The van der Waals surface area contributed by atoms with Crippen LogP contribution in [0.5, 0.6) is 0 Å². The van der Waals surface area contributed by atoms with Crippen LogP contribution in [0.2, 0.25) is 0 Å². The van der Waals surface area contributed by atoms with E-state index in [2.05, 4.69) is 10.2 Å². The van der Waals surface area contributed by atoms with Gasteiger partial charge in [-0.3, -0.25) is 4.79 Å². The number of likely N-dealkylation sites (tertiary alicyclic amines) is 1. The van der Waals surface area contributed by atoms with Gasteiger partial charge in [-0.25, -0.2) is 4.79 Å². The Morgan fingerprint density at radius 2 is 2.24 bits per heavy atom. The van der Waals surface area contributed by atoms with Gasteiger partial charge in [0.1, 0.15) is 0 Å². The number of thiophene rings is 1. The molecule has 0 bridgehead atoms. The van der Waals surface area contributed by atoms with E-state index in [1.165, 1.54) is 4.88 Å². The molecule has 3 heterocycles. The van der Waals surface area contributed by atoms with Gasteiger partial charge in [-0.15, -0.1) is 11.3 Å². The summed E-state index contributed by atoms with van der Waals surface area (Å²) in [5.41, 5.74) is 6.11. The van der Waals surface area contributed by atoms with E-state index in [9.17, 15) is 9.59 Å². The fraction of sp³-hybridized carbons (Fsp3) is 0.529. The Balaban J connectivity index is 1.58. The summed E-state index contributed by atoms with van der Waals surface area (Å²) in [5.74, 6) is 0.233. The molecule has 3 N–H and O–H groups in total. The van der Waals surface area contributed by atoms with Gasteiger partial charge in [0.2, 0.25) is 0 Å². The largest absolute Gasteiger partial charge is 0.469 e. The number of hydrogen-bond donors (Lipinski definition) is 2. The molecule has 0 aromatic carbocycles. The van der Waals surface area contributed by atoms with E-state index in [4.69, 9.17) is 10.5 Å². The van der Waals surface area contributed by atoms with Crippen LogP contribution in [0.15, 0.2) is 23.4 Å². The van der Waals surface area contributed by atoms with Crippen molar-refractivity contribution in [1.29, 1.82) is 0 Å². The average Bonchev–Trinajstić information content (AvgIpc) is 3.05. The number of carbonyl (C=O) groups is 2. The first kappa shape index (κ1) is 17.6. The van der Waals surface area contributed by atoms with Crippen LogP contribution >= 0.6 is 11.3 Å². The van der Waals surface area contributed by atoms with Crippen LogP contribution in [0.3, 0.4) is 0 Å². The fourth-order valence-corrected chi connectivity index (χ4v) is 4.11. The molecule has 1 aromatic heterocycles. The Kier molecular flexibility index (Phi) is 5.47. The second-order valence-electron chi connectivity index (χ2n) is 6.24. The third-order valence-electron chi connectivity index (χ3n) is 4.52. The maximum atomic E-state index is 12.4. The highest BCUT2D eigenvalue weighted by Crippen LogP contribution is 2.31. The molecule has 3 amide bonds. The van der Waals surface area contributed by atoms with Crippen LogP contribution in [-0.2, 0) is 16.1 Å². The van der Waals surface area contributed by atoms with Crippen LogP contribution in [0.1, 0.15) is 31.1 Å². The normalized spacial score (nSPS) is 18.8. The van der Waals surface area contributed by atoms with Crippen LogP contribution in [0, 0.1) is 0 Å². The molecule has 0 saturated carbocycles. The number of amides is 3. The molecular formula is C17H24N4O3S. The summed E-state index contributed by atoms with van der Waals surface area (Å²) in [7, 11) is 0. The lowest BCUT2D eigenvalue weighted by Crippen LogP contribution is -2.49. The summed E-state index contributed by atoms with van der Waals surface area (Å²) >= 11 is 1.68. The zero-order valence-corrected chi connectivity index (χ0v) is 15.2. The van der Waals surface area contributed by atoms with Gasteiger partial charge < -0.3 is 25.6 Å². The molecule has 0 atom stereocenters. The molecule has 1 saturated heterocycles. The van der Waals surface area contributed by atoms with Gasteiger partial charge in [0.05, 0.1) is 12.2 Å². The Morgan fingerprint density at radius 3 is 2.92 bits per heavy atom. The van der Waals surface area contributed by atoms with Gasteiger partial charge in [-0.05, 0) is 36.8 Å². The Labute approximate surface area is 151 Å². The molecule has 2 aliphatic heterocycles. The number of urea groups is 1. The number of nitrogens with zero attached hydrogens (tertiary/aromatic N) is 2. The average molecular weight is 364 g/mol. The molecule has 136 valence electrons. The maximum Gasteiger partial charge on any atom is 0.322 e. The van der Waals surface area contributed by atoms with Crippen molar-refractivity contribution in [3.8, 4) is 0 Å². The van der Waals surface area contributed by atoms with Gasteiger partial charge in [0, 0.05) is 24.0 Å². The van der Waals surface area contributed by atoms with E-state index in [0.29, 0.717) is 12.4 Å². The van der Waals surface area contributed by atoms with E-state index in [1.807, 2.05) is 29.3 Å². The summed E-state index contributed by atoms with van der Waals surface area (Å²) in [6, 6.07) is 2.15. The number of primary amides is 1. The van der Waals surface area contributed by atoms with Crippen molar-refractivity contribution < 1.29 is 14.3 Å². The number of nitrogens with two attached hydrogens (primary N) is 1. The highest BCUT2D eigenvalue weighted by atomic mass is 32.1. The second kappa shape index (κ2) is 7.77. The smallest absolute Gasteiger partial charge is 0.322 e. The number of nitrogens with one attached hydrogen (secondary N) is 1. The molecule has 2 aliphatic rings. The van der Waals surface area contributed by atoms with Gasteiger partial charge in [0.25, 0.3) is 5.91 Å². The molecule has 1 aromatic rings. The minimum Gasteiger partial charge on any atom is -0.469 e. The lowest BCUT2D eigenvalue weighted by molar-refractivity contribution is -0.122. The van der Waals surface area contributed by atoms with Crippen molar-refractivity contribution in [2.24, 2.45) is 5.73 Å². The number of rotatable bonds is 6. The Bertz CT molecular complexity index is 665. The molecule has 0 aliphatic carbocycles. The monoisotopic (exact) mass is 364 g/mol. The molecule has 0 unspecified atom stereocenters. The number of carbonyl (C=O) groups excluding carboxylic acids is 2. The molecule has 8 heteroatoms. The quantitative estimate of drug-likeness (QED) is 0.758. The Morgan fingerprint density at radius 1 is 1.48 bits per heavy atom. The van der Waals surface area contributed by atoms with Crippen molar-refractivity contribution in [2.45, 2.75) is 38.8 Å². The Hall–Kier alpha value is -2.22. The highest BCUT2D eigenvalue weighted by Gasteiger charge is 2.32. The van der Waals surface area contributed by atoms with Crippen molar-refractivity contribution in [1.82, 2.24) is 9.80 Å². The zero-order valence-electron chi connectivity index (χ0n) is 14.4. The number of allylic oxidation sites excluding steroid dienone is 1. The topological polar surface area (TPSA) is 87.9 Å². The molecule has 3 rings (SSSR count). The lowest BCUT2D eigenvalue weighted by atomic mass is 10.0. The van der Waals surface area contributed by atoms with Crippen LogP contribution in [0.25, 0.3) is 0 Å². The minimum absolute atomic E-state index is 0.0151. The van der Waals surface area contributed by atoms with Crippen LogP contribution in [-0.4, -0.2) is 47.5 Å². The van der Waals surface area contributed by atoms with E-state index in [-0.39, 0.29) is 18.7 Å². The fourth-order valence-electron chi connectivity index (χ4n) is 3.28. The predicted molar refractivity (Wildman–Crippen MR) is 97.0 cm³/mol. The minimum atomic E-state index is -0.478.